The number of hydrogen-bond donors (Lipinski definition) is 1. The lowest BCUT2D eigenvalue weighted by molar-refractivity contribution is 0.0956. The van der Waals surface area contributed by atoms with Gasteiger partial charge in [0.1, 0.15) is 0 Å². The number of hydrogen-bond acceptors (Lipinski definition) is 1. The summed E-state index contributed by atoms with van der Waals surface area (Å²) in [6.45, 7) is 7.64. The van der Waals surface area contributed by atoms with E-state index in [4.69, 9.17) is 0 Å². The molecule has 1 N–H and O–H groups in total. The second-order valence-electron chi connectivity index (χ2n) is 3.96. The van der Waals surface area contributed by atoms with Crippen molar-refractivity contribution >= 4 is 16.8 Å². The molecule has 3 rings (SSSR count). The maximum atomic E-state index is 11.8. The molecule has 3 nitrogen and oxygen atoms in total. The van der Waals surface area contributed by atoms with Crippen LogP contribution in [0.3, 0.4) is 0 Å². The molecule has 1 aliphatic rings. The Morgan fingerprint density at radius 1 is 1.29 bits per heavy atom. The molecule has 3 heteroatoms. The molecular formula is C14H18N2O. The van der Waals surface area contributed by atoms with Crippen LogP contribution in [-0.2, 0) is 6.54 Å². The number of carbonyl (C=O) groups excluding carboxylic acids is 1. The summed E-state index contributed by atoms with van der Waals surface area (Å²) in [5.74, 6) is 0.0393. The van der Waals surface area contributed by atoms with Crippen molar-refractivity contribution in [3.05, 3.63) is 35.5 Å². The number of nitrogens with one attached hydrogen (secondary N) is 1. The molecule has 1 aromatic heterocycles. The molecule has 0 atom stereocenters. The largest absolute Gasteiger partial charge is 0.350 e. The van der Waals surface area contributed by atoms with Gasteiger partial charge in [-0.3, -0.25) is 4.79 Å². The first-order valence-corrected chi connectivity index (χ1v) is 6.14. The zero-order chi connectivity index (χ0) is 12.4. The fraction of sp³-hybridized carbons (Fsp3) is 0.357. The van der Waals surface area contributed by atoms with Gasteiger partial charge in [0.15, 0.2) is 0 Å². The zero-order valence-electron chi connectivity index (χ0n) is 10.6. The van der Waals surface area contributed by atoms with Gasteiger partial charge in [0.25, 0.3) is 5.91 Å². The van der Waals surface area contributed by atoms with E-state index in [1.165, 1.54) is 10.9 Å². The first kappa shape index (κ1) is 11.7. The van der Waals surface area contributed by atoms with Crippen molar-refractivity contribution < 1.29 is 4.79 Å². The van der Waals surface area contributed by atoms with E-state index in [2.05, 4.69) is 29.1 Å². The van der Waals surface area contributed by atoms with Crippen LogP contribution in [0.15, 0.2) is 24.4 Å². The number of benzene rings is 1. The van der Waals surface area contributed by atoms with Crippen LogP contribution in [0.25, 0.3) is 10.9 Å². The van der Waals surface area contributed by atoms with Crippen LogP contribution in [0, 0.1) is 6.92 Å². The van der Waals surface area contributed by atoms with Crippen LogP contribution in [0.1, 0.15) is 29.8 Å². The second kappa shape index (κ2) is 4.62. The molecule has 1 amide bonds. The molecule has 0 unspecified atom stereocenters. The van der Waals surface area contributed by atoms with E-state index < -0.39 is 0 Å². The Hall–Kier alpha value is -1.77. The average molecular weight is 230 g/mol. The Balaban J connectivity index is 0.000000514. The molecular weight excluding hydrogens is 212 g/mol. The predicted molar refractivity (Wildman–Crippen MR) is 70.4 cm³/mol. The highest BCUT2D eigenvalue weighted by Crippen LogP contribution is 2.25. The van der Waals surface area contributed by atoms with E-state index in [1.807, 2.05) is 26.0 Å². The summed E-state index contributed by atoms with van der Waals surface area (Å²) in [6, 6.07) is 5.90. The summed E-state index contributed by atoms with van der Waals surface area (Å²) in [5.41, 5.74) is 3.10. The van der Waals surface area contributed by atoms with Crippen molar-refractivity contribution in [3.63, 3.8) is 0 Å². The normalized spacial score (nSPS) is 13.7. The number of amides is 1. The Labute approximate surface area is 101 Å². The minimum absolute atomic E-state index is 0.0393. The highest BCUT2D eigenvalue weighted by molar-refractivity contribution is 6.07. The SMILES string of the molecule is CC.Cc1cn2c3c(cccc13)C(=O)NCC2. The molecule has 0 aliphatic carbocycles. The third-order valence-electron chi connectivity index (χ3n) is 2.98. The molecule has 0 saturated carbocycles. The fourth-order valence-corrected chi connectivity index (χ4v) is 2.28. The molecule has 0 bridgehead atoms. The number of nitrogens with zero attached hydrogens (tertiary/aromatic N) is 1. The van der Waals surface area contributed by atoms with Crippen LogP contribution in [-0.4, -0.2) is 17.0 Å². The second-order valence-corrected chi connectivity index (χ2v) is 3.96. The van der Waals surface area contributed by atoms with Crippen molar-refractivity contribution in [1.82, 2.24) is 9.88 Å². The van der Waals surface area contributed by atoms with Gasteiger partial charge in [0.05, 0.1) is 11.1 Å². The van der Waals surface area contributed by atoms with E-state index >= 15 is 0 Å². The monoisotopic (exact) mass is 230 g/mol. The molecule has 2 heterocycles. The summed E-state index contributed by atoms with van der Waals surface area (Å²) in [7, 11) is 0. The minimum Gasteiger partial charge on any atom is -0.350 e. The smallest absolute Gasteiger partial charge is 0.253 e. The van der Waals surface area contributed by atoms with Gasteiger partial charge in [0, 0.05) is 24.7 Å². The first-order valence-electron chi connectivity index (χ1n) is 6.14. The molecule has 1 aliphatic heterocycles. The average Bonchev–Trinajstić information content (AvgIpc) is 2.59. The Morgan fingerprint density at radius 2 is 2.06 bits per heavy atom. The topological polar surface area (TPSA) is 34.0 Å². The number of para-hydroxylation sites is 1. The molecule has 2 aromatic rings. The molecule has 0 fully saturated rings. The van der Waals surface area contributed by atoms with Crippen molar-refractivity contribution in [2.75, 3.05) is 6.54 Å². The van der Waals surface area contributed by atoms with Crippen LogP contribution in [0.5, 0.6) is 0 Å². The Morgan fingerprint density at radius 3 is 2.82 bits per heavy atom. The first-order chi connectivity index (χ1) is 8.27. The number of aromatic nitrogens is 1. The van der Waals surface area contributed by atoms with Crippen LogP contribution < -0.4 is 5.32 Å². The zero-order valence-corrected chi connectivity index (χ0v) is 10.6. The van der Waals surface area contributed by atoms with Crippen molar-refractivity contribution in [2.45, 2.75) is 27.3 Å². The maximum Gasteiger partial charge on any atom is 0.253 e. The fourth-order valence-electron chi connectivity index (χ4n) is 2.28. The standard InChI is InChI=1S/C12H12N2O.C2H6/c1-8-7-14-6-5-13-12(15)10-4-2-3-9(8)11(10)14;1-2/h2-4,7H,5-6H2,1H3,(H,13,15);1-2H3. The maximum absolute atomic E-state index is 11.8. The Bertz CT molecular complexity index is 555. The van der Waals surface area contributed by atoms with Crippen LogP contribution in [0.4, 0.5) is 0 Å². The quantitative estimate of drug-likeness (QED) is 0.742. The van der Waals surface area contributed by atoms with Gasteiger partial charge >= 0.3 is 0 Å². The van der Waals surface area contributed by atoms with E-state index in [0.717, 1.165) is 17.6 Å². The minimum atomic E-state index is 0.0393. The van der Waals surface area contributed by atoms with E-state index in [1.54, 1.807) is 0 Å². The lowest BCUT2D eigenvalue weighted by Crippen LogP contribution is -2.23. The summed E-state index contributed by atoms with van der Waals surface area (Å²) in [6.07, 6.45) is 2.12. The summed E-state index contributed by atoms with van der Waals surface area (Å²) in [4.78, 5) is 11.8. The third kappa shape index (κ3) is 1.82. The third-order valence-corrected chi connectivity index (χ3v) is 2.98. The molecule has 0 radical (unpaired) electrons. The van der Waals surface area contributed by atoms with Gasteiger partial charge < -0.3 is 9.88 Å². The molecule has 90 valence electrons. The van der Waals surface area contributed by atoms with Crippen LogP contribution >= 0.6 is 0 Å². The van der Waals surface area contributed by atoms with Gasteiger partial charge in [0.2, 0.25) is 0 Å². The van der Waals surface area contributed by atoms with E-state index in [9.17, 15) is 4.79 Å². The predicted octanol–water partition coefficient (Wildman–Crippen LogP) is 2.72. The van der Waals surface area contributed by atoms with Crippen molar-refractivity contribution in [2.24, 2.45) is 0 Å². The number of rotatable bonds is 0. The number of aryl methyl sites for hydroxylation is 1. The van der Waals surface area contributed by atoms with E-state index in [-0.39, 0.29) is 5.91 Å². The van der Waals surface area contributed by atoms with Crippen molar-refractivity contribution in [1.29, 1.82) is 0 Å². The highest BCUT2D eigenvalue weighted by Gasteiger charge is 2.17. The lowest BCUT2D eigenvalue weighted by atomic mass is 10.1. The summed E-state index contributed by atoms with van der Waals surface area (Å²) in [5, 5.41) is 4.08. The highest BCUT2D eigenvalue weighted by atomic mass is 16.1. The summed E-state index contributed by atoms with van der Waals surface area (Å²) >= 11 is 0. The summed E-state index contributed by atoms with van der Waals surface area (Å²) < 4.78 is 2.16. The van der Waals surface area contributed by atoms with Crippen molar-refractivity contribution in [3.8, 4) is 0 Å². The van der Waals surface area contributed by atoms with Gasteiger partial charge in [-0.25, -0.2) is 0 Å². The van der Waals surface area contributed by atoms with Crippen LogP contribution in [0.2, 0.25) is 0 Å². The van der Waals surface area contributed by atoms with E-state index in [0.29, 0.717) is 6.54 Å². The molecule has 1 aromatic carbocycles. The van der Waals surface area contributed by atoms with Gasteiger partial charge in [-0.2, -0.15) is 0 Å². The van der Waals surface area contributed by atoms with Gasteiger partial charge in [-0.1, -0.05) is 26.0 Å². The lowest BCUT2D eigenvalue weighted by Gasteiger charge is -2.01. The molecule has 0 spiro atoms. The molecule has 17 heavy (non-hydrogen) atoms. The molecule has 0 saturated heterocycles. The Kier molecular flexibility index (Phi) is 3.18. The van der Waals surface area contributed by atoms with Gasteiger partial charge in [-0.15, -0.1) is 0 Å². The van der Waals surface area contributed by atoms with Gasteiger partial charge in [-0.05, 0) is 18.6 Å². The number of carbonyl (C=O) groups is 1.